The minimum absolute atomic E-state index is 0. The SMILES string of the molecule is CCc1nc(CNC(=O)C(C)(C)CN)cs1.Cl.Cl. The summed E-state index contributed by atoms with van der Waals surface area (Å²) in [7, 11) is 0. The second kappa shape index (κ2) is 8.69. The lowest BCUT2D eigenvalue weighted by Crippen LogP contribution is -2.41. The summed E-state index contributed by atoms with van der Waals surface area (Å²) in [5.41, 5.74) is 5.94. The van der Waals surface area contributed by atoms with Crippen molar-refractivity contribution in [3.05, 3.63) is 16.1 Å². The minimum Gasteiger partial charge on any atom is -0.350 e. The molecule has 0 aliphatic carbocycles. The summed E-state index contributed by atoms with van der Waals surface area (Å²) in [5.74, 6) is -0.0268. The highest BCUT2D eigenvalue weighted by Gasteiger charge is 2.25. The molecule has 1 amide bonds. The smallest absolute Gasteiger partial charge is 0.227 e. The van der Waals surface area contributed by atoms with Crippen LogP contribution in [0.25, 0.3) is 0 Å². The molecule has 106 valence electrons. The van der Waals surface area contributed by atoms with E-state index in [1.54, 1.807) is 11.3 Å². The quantitative estimate of drug-likeness (QED) is 0.875. The molecule has 4 nitrogen and oxygen atoms in total. The summed E-state index contributed by atoms with van der Waals surface area (Å²) in [4.78, 5) is 16.1. The Balaban J connectivity index is 0. The van der Waals surface area contributed by atoms with Crippen LogP contribution in [-0.2, 0) is 17.8 Å². The lowest BCUT2D eigenvalue weighted by Gasteiger charge is -2.20. The second-order valence-corrected chi connectivity index (χ2v) is 5.30. The third-order valence-corrected chi connectivity index (χ3v) is 3.50. The molecule has 0 unspecified atom stereocenters. The van der Waals surface area contributed by atoms with E-state index in [9.17, 15) is 4.79 Å². The molecule has 0 bridgehead atoms. The summed E-state index contributed by atoms with van der Waals surface area (Å²) in [5, 5.41) is 5.93. The maximum Gasteiger partial charge on any atom is 0.227 e. The minimum atomic E-state index is -0.510. The zero-order chi connectivity index (χ0) is 12.2. The maximum atomic E-state index is 11.7. The van der Waals surface area contributed by atoms with Crippen LogP contribution in [0.4, 0.5) is 0 Å². The van der Waals surface area contributed by atoms with E-state index in [-0.39, 0.29) is 30.7 Å². The Morgan fingerprint density at radius 3 is 2.56 bits per heavy atom. The van der Waals surface area contributed by atoms with E-state index in [0.717, 1.165) is 17.1 Å². The van der Waals surface area contributed by atoms with E-state index < -0.39 is 5.41 Å². The maximum absolute atomic E-state index is 11.7. The monoisotopic (exact) mass is 313 g/mol. The summed E-state index contributed by atoms with van der Waals surface area (Å²) in [6.07, 6.45) is 0.937. The van der Waals surface area contributed by atoms with Crippen LogP contribution in [0.2, 0.25) is 0 Å². The van der Waals surface area contributed by atoms with Crippen molar-refractivity contribution in [1.82, 2.24) is 10.3 Å². The Labute approximate surface area is 125 Å². The summed E-state index contributed by atoms with van der Waals surface area (Å²) < 4.78 is 0. The molecule has 3 N–H and O–H groups in total. The first-order chi connectivity index (χ1) is 7.49. The Kier molecular flexibility index (Phi) is 9.64. The number of carbonyl (C=O) groups excluding carboxylic acids is 1. The molecule has 1 aromatic rings. The van der Waals surface area contributed by atoms with Gasteiger partial charge >= 0.3 is 0 Å². The first kappa shape index (κ1) is 20.0. The molecule has 0 aliphatic heterocycles. The molecular weight excluding hydrogens is 293 g/mol. The third-order valence-electron chi connectivity index (χ3n) is 2.46. The van der Waals surface area contributed by atoms with E-state index in [1.165, 1.54) is 0 Å². The van der Waals surface area contributed by atoms with Crippen LogP contribution in [0.3, 0.4) is 0 Å². The van der Waals surface area contributed by atoms with E-state index in [1.807, 2.05) is 19.2 Å². The number of aromatic nitrogens is 1. The van der Waals surface area contributed by atoms with Crippen molar-refractivity contribution in [2.45, 2.75) is 33.7 Å². The highest BCUT2D eigenvalue weighted by molar-refractivity contribution is 7.09. The predicted octanol–water partition coefficient (Wildman–Crippen LogP) is 2.15. The molecule has 1 rings (SSSR count). The van der Waals surface area contributed by atoms with E-state index in [0.29, 0.717) is 13.1 Å². The second-order valence-electron chi connectivity index (χ2n) is 4.36. The van der Waals surface area contributed by atoms with Gasteiger partial charge in [0.2, 0.25) is 5.91 Å². The van der Waals surface area contributed by atoms with Crippen molar-refractivity contribution in [3.8, 4) is 0 Å². The highest BCUT2D eigenvalue weighted by atomic mass is 35.5. The molecule has 0 spiro atoms. The van der Waals surface area contributed by atoms with Gasteiger partial charge in [0.05, 0.1) is 22.7 Å². The number of aryl methyl sites for hydroxylation is 1. The van der Waals surface area contributed by atoms with Crippen molar-refractivity contribution < 1.29 is 4.79 Å². The molecule has 0 atom stereocenters. The Morgan fingerprint density at radius 2 is 2.11 bits per heavy atom. The van der Waals surface area contributed by atoms with Crippen molar-refractivity contribution >= 4 is 42.1 Å². The number of hydrogen-bond donors (Lipinski definition) is 2. The van der Waals surface area contributed by atoms with Gasteiger partial charge < -0.3 is 11.1 Å². The summed E-state index contributed by atoms with van der Waals surface area (Å²) >= 11 is 1.63. The molecule has 0 radical (unpaired) electrons. The van der Waals surface area contributed by atoms with E-state index in [2.05, 4.69) is 17.2 Å². The van der Waals surface area contributed by atoms with Crippen LogP contribution in [0, 0.1) is 5.41 Å². The number of carbonyl (C=O) groups is 1. The van der Waals surface area contributed by atoms with E-state index in [4.69, 9.17) is 5.73 Å². The molecule has 7 heteroatoms. The van der Waals surface area contributed by atoms with Crippen LogP contribution < -0.4 is 11.1 Å². The van der Waals surface area contributed by atoms with Gasteiger partial charge in [0.25, 0.3) is 0 Å². The van der Waals surface area contributed by atoms with Gasteiger partial charge in [-0.2, -0.15) is 0 Å². The van der Waals surface area contributed by atoms with E-state index >= 15 is 0 Å². The average Bonchev–Trinajstić information content (AvgIpc) is 2.73. The average molecular weight is 314 g/mol. The number of nitrogens with one attached hydrogen (secondary N) is 1. The first-order valence-electron chi connectivity index (χ1n) is 5.41. The summed E-state index contributed by atoms with van der Waals surface area (Å²) in [6, 6.07) is 0. The Morgan fingerprint density at radius 1 is 1.50 bits per heavy atom. The van der Waals surface area contributed by atoms with Crippen LogP contribution in [0.5, 0.6) is 0 Å². The molecule has 0 aliphatic rings. The number of hydrogen-bond acceptors (Lipinski definition) is 4. The number of nitrogens with two attached hydrogens (primary N) is 1. The fourth-order valence-corrected chi connectivity index (χ4v) is 1.84. The lowest BCUT2D eigenvalue weighted by atomic mass is 9.93. The number of halogens is 2. The lowest BCUT2D eigenvalue weighted by molar-refractivity contribution is -0.129. The zero-order valence-corrected chi connectivity index (χ0v) is 13.3. The molecule has 0 saturated carbocycles. The number of rotatable bonds is 5. The van der Waals surface area contributed by atoms with Gasteiger partial charge in [0.1, 0.15) is 0 Å². The fourth-order valence-electron chi connectivity index (χ4n) is 1.10. The van der Waals surface area contributed by atoms with Crippen molar-refractivity contribution in [2.75, 3.05) is 6.54 Å². The number of nitrogens with zero attached hydrogens (tertiary/aromatic N) is 1. The normalized spacial score (nSPS) is 10.2. The van der Waals surface area contributed by atoms with Gasteiger partial charge in [-0.05, 0) is 20.3 Å². The molecular formula is C11H21Cl2N3OS. The molecule has 0 saturated heterocycles. The van der Waals surface area contributed by atoms with Crippen molar-refractivity contribution in [1.29, 1.82) is 0 Å². The van der Waals surface area contributed by atoms with Gasteiger partial charge in [0.15, 0.2) is 0 Å². The molecule has 0 fully saturated rings. The van der Waals surface area contributed by atoms with Crippen molar-refractivity contribution in [3.63, 3.8) is 0 Å². The van der Waals surface area contributed by atoms with Crippen LogP contribution in [-0.4, -0.2) is 17.4 Å². The molecule has 1 heterocycles. The molecule has 1 aromatic heterocycles. The topological polar surface area (TPSA) is 68.0 Å². The van der Waals surface area contributed by atoms with Gasteiger partial charge in [-0.25, -0.2) is 4.98 Å². The van der Waals surface area contributed by atoms with Gasteiger partial charge in [0, 0.05) is 11.9 Å². The number of thiazole rings is 1. The van der Waals surface area contributed by atoms with Crippen LogP contribution in [0.1, 0.15) is 31.5 Å². The van der Waals surface area contributed by atoms with Crippen molar-refractivity contribution in [2.24, 2.45) is 11.1 Å². The summed E-state index contributed by atoms with van der Waals surface area (Å²) in [6.45, 7) is 6.56. The first-order valence-corrected chi connectivity index (χ1v) is 6.29. The van der Waals surface area contributed by atoms with Crippen LogP contribution >= 0.6 is 36.2 Å². The zero-order valence-electron chi connectivity index (χ0n) is 10.9. The highest BCUT2D eigenvalue weighted by Crippen LogP contribution is 2.14. The molecule has 18 heavy (non-hydrogen) atoms. The van der Waals surface area contributed by atoms with Gasteiger partial charge in [-0.15, -0.1) is 36.2 Å². The standard InChI is InChI=1S/C11H19N3OS.2ClH/c1-4-9-14-8(6-16-9)5-13-10(15)11(2,3)7-12;;/h6H,4-5,7,12H2,1-3H3,(H,13,15);2*1H. The predicted molar refractivity (Wildman–Crippen MR) is 80.7 cm³/mol. The Bertz CT molecular complexity index is 369. The number of amides is 1. The fraction of sp³-hybridized carbons (Fsp3) is 0.636. The third kappa shape index (κ3) is 5.52. The van der Waals surface area contributed by atoms with Gasteiger partial charge in [-0.1, -0.05) is 6.92 Å². The molecule has 0 aromatic carbocycles. The Hall–Kier alpha value is -0.360. The largest absolute Gasteiger partial charge is 0.350 e. The van der Waals surface area contributed by atoms with Crippen LogP contribution in [0.15, 0.2) is 5.38 Å². The van der Waals surface area contributed by atoms with Gasteiger partial charge in [-0.3, -0.25) is 4.79 Å².